The molecule has 1 fully saturated rings. The van der Waals surface area contributed by atoms with E-state index in [1.807, 2.05) is 18.2 Å². The van der Waals surface area contributed by atoms with Gasteiger partial charge in [0.1, 0.15) is 11.9 Å². The topological polar surface area (TPSA) is 61.8 Å². The summed E-state index contributed by atoms with van der Waals surface area (Å²) in [6.07, 6.45) is 1.87. The molecule has 4 rings (SSSR count). The van der Waals surface area contributed by atoms with Crippen LogP contribution in [0.2, 0.25) is 0 Å². The van der Waals surface area contributed by atoms with E-state index in [2.05, 4.69) is 11.4 Å². The van der Waals surface area contributed by atoms with E-state index >= 15 is 0 Å². The first kappa shape index (κ1) is 18.9. The summed E-state index contributed by atoms with van der Waals surface area (Å²) in [4.78, 5) is 14.7. The van der Waals surface area contributed by atoms with Gasteiger partial charge in [0.2, 0.25) is 0 Å². The van der Waals surface area contributed by atoms with E-state index in [0.29, 0.717) is 19.1 Å². The van der Waals surface area contributed by atoms with Crippen molar-refractivity contribution in [2.24, 2.45) is 0 Å². The summed E-state index contributed by atoms with van der Waals surface area (Å²) in [5.74, 6) is -0.294. The second kappa shape index (κ2) is 8.29. The minimum Gasteiger partial charge on any atom is -0.446 e. The number of benzene rings is 2. The van der Waals surface area contributed by atoms with Gasteiger partial charge in [-0.05, 0) is 48.1 Å². The molecule has 0 radical (unpaired) electrons. The van der Waals surface area contributed by atoms with Gasteiger partial charge in [-0.15, -0.1) is 0 Å². The van der Waals surface area contributed by atoms with E-state index in [1.165, 1.54) is 17.7 Å². The molecule has 6 heteroatoms. The molecule has 28 heavy (non-hydrogen) atoms. The molecular formula is C22H25FN2O3. The Morgan fingerprint density at radius 1 is 1.18 bits per heavy atom. The van der Waals surface area contributed by atoms with Crippen LogP contribution in [0.5, 0.6) is 0 Å². The standard InChI is InChI=1S/C22H25FN2O3/c23-17-7-5-16(6-8-17)21-20-4-2-1-3-15(20)9-11-25(21)22(27)28-19-13-18(14-19)24-10-12-26/h1-8,18-19,21,24,26H,9-14H2/t18?,19?,21-/m0/s1. The van der Waals surface area contributed by atoms with Crippen LogP contribution < -0.4 is 5.32 Å². The lowest BCUT2D eigenvalue weighted by molar-refractivity contribution is 0.00446. The predicted molar refractivity (Wildman–Crippen MR) is 103 cm³/mol. The molecule has 0 spiro atoms. The van der Waals surface area contributed by atoms with Crippen LogP contribution >= 0.6 is 0 Å². The first-order valence-electron chi connectivity index (χ1n) is 9.80. The molecule has 5 nitrogen and oxygen atoms in total. The van der Waals surface area contributed by atoms with Crippen LogP contribution in [-0.2, 0) is 11.2 Å². The Hall–Kier alpha value is -2.44. The lowest BCUT2D eigenvalue weighted by Crippen LogP contribution is -2.49. The van der Waals surface area contributed by atoms with Crippen molar-refractivity contribution >= 4 is 6.09 Å². The highest BCUT2D eigenvalue weighted by atomic mass is 19.1. The van der Waals surface area contributed by atoms with Crippen molar-refractivity contribution in [3.63, 3.8) is 0 Å². The smallest absolute Gasteiger partial charge is 0.410 e. The number of amides is 1. The maximum atomic E-state index is 13.4. The quantitative estimate of drug-likeness (QED) is 0.832. The molecule has 1 amide bonds. The molecule has 0 unspecified atom stereocenters. The number of hydrogen-bond donors (Lipinski definition) is 2. The second-order valence-electron chi connectivity index (χ2n) is 7.45. The molecule has 1 saturated carbocycles. The molecule has 1 atom stereocenters. The van der Waals surface area contributed by atoms with Gasteiger partial charge in [-0.1, -0.05) is 36.4 Å². The van der Waals surface area contributed by atoms with Crippen molar-refractivity contribution in [3.8, 4) is 0 Å². The molecule has 1 aliphatic carbocycles. The number of fused-ring (bicyclic) bond motifs is 1. The van der Waals surface area contributed by atoms with Gasteiger partial charge in [-0.25, -0.2) is 9.18 Å². The Balaban J connectivity index is 1.50. The Bertz CT molecular complexity index is 821. The molecule has 1 heterocycles. The molecule has 2 aliphatic rings. The molecule has 0 bridgehead atoms. The number of aliphatic hydroxyl groups excluding tert-OH is 1. The van der Waals surface area contributed by atoms with Crippen molar-refractivity contribution in [1.82, 2.24) is 10.2 Å². The highest BCUT2D eigenvalue weighted by Gasteiger charge is 2.37. The number of aliphatic hydroxyl groups is 1. The van der Waals surface area contributed by atoms with Gasteiger partial charge < -0.3 is 15.2 Å². The van der Waals surface area contributed by atoms with E-state index in [1.54, 1.807) is 17.0 Å². The van der Waals surface area contributed by atoms with Crippen molar-refractivity contribution in [1.29, 1.82) is 0 Å². The zero-order chi connectivity index (χ0) is 19.5. The highest BCUT2D eigenvalue weighted by molar-refractivity contribution is 5.70. The zero-order valence-corrected chi connectivity index (χ0v) is 15.7. The first-order valence-corrected chi connectivity index (χ1v) is 9.80. The summed E-state index contributed by atoms with van der Waals surface area (Å²) in [7, 11) is 0. The van der Waals surface area contributed by atoms with Crippen molar-refractivity contribution in [3.05, 3.63) is 71.0 Å². The summed E-state index contributed by atoms with van der Waals surface area (Å²) in [6, 6.07) is 14.4. The molecule has 2 aromatic carbocycles. The monoisotopic (exact) mass is 384 g/mol. The van der Waals surface area contributed by atoms with E-state index < -0.39 is 0 Å². The van der Waals surface area contributed by atoms with Gasteiger partial charge in [0.05, 0.1) is 12.6 Å². The molecule has 2 aromatic rings. The van der Waals surface area contributed by atoms with Crippen LogP contribution in [0, 0.1) is 5.82 Å². The van der Waals surface area contributed by atoms with E-state index in [-0.39, 0.29) is 30.7 Å². The lowest BCUT2D eigenvalue weighted by Gasteiger charge is -2.40. The van der Waals surface area contributed by atoms with E-state index in [9.17, 15) is 9.18 Å². The van der Waals surface area contributed by atoms with E-state index in [4.69, 9.17) is 9.84 Å². The van der Waals surface area contributed by atoms with Crippen LogP contribution in [0.15, 0.2) is 48.5 Å². The summed E-state index contributed by atoms with van der Waals surface area (Å²) in [5.41, 5.74) is 3.15. The molecular weight excluding hydrogens is 359 g/mol. The maximum absolute atomic E-state index is 13.4. The number of nitrogens with one attached hydrogen (secondary N) is 1. The third-order valence-corrected chi connectivity index (χ3v) is 5.61. The number of rotatable bonds is 5. The third-order valence-electron chi connectivity index (χ3n) is 5.61. The number of hydrogen-bond acceptors (Lipinski definition) is 4. The zero-order valence-electron chi connectivity index (χ0n) is 15.7. The van der Waals surface area contributed by atoms with Crippen molar-refractivity contribution in [2.45, 2.75) is 37.5 Å². The van der Waals surface area contributed by atoms with Gasteiger partial charge in [-0.3, -0.25) is 4.90 Å². The summed E-state index contributed by atoms with van der Waals surface area (Å²) in [5, 5.41) is 12.1. The maximum Gasteiger partial charge on any atom is 0.410 e. The highest BCUT2D eigenvalue weighted by Crippen LogP contribution is 2.36. The number of carbonyl (C=O) groups excluding carboxylic acids is 1. The molecule has 148 valence electrons. The molecule has 1 aliphatic heterocycles. The predicted octanol–water partition coefficient (Wildman–Crippen LogP) is 3.02. The second-order valence-corrected chi connectivity index (χ2v) is 7.45. The number of carbonyl (C=O) groups is 1. The van der Waals surface area contributed by atoms with Gasteiger partial charge in [-0.2, -0.15) is 0 Å². The fourth-order valence-electron chi connectivity index (χ4n) is 4.08. The fourth-order valence-corrected chi connectivity index (χ4v) is 4.08. The van der Waals surface area contributed by atoms with Gasteiger partial charge in [0.15, 0.2) is 0 Å². The summed E-state index contributed by atoms with van der Waals surface area (Å²) >= 11 is 0. The molecule has 0 saturated heterocycles. The minimum atomic E-state index is -0.325. The third kappa shape index (κ3) is 3.88. The summed E-state index contributed by atoms with van der Waals surface area (Å²) in [6.45, 7) is 1.23. The molecule has 0 aromatic heterocycles. The largest absolute Gasteiger partial charge is 0.446 e. The van der Waals surface area contributed by atoms with Crippen LogP contribution in [-0.4, -0.2) is 47.9 Å². The first-order chi connectivity index (χ1) is 13.7. The lowest BCUT2D eigenvalue weighted by atomic mass is 9.88. The average Bonchev–Trinajstić information content (AvgIpc) is 2.69. The average molecular weight is 384 g/mol. The van der Waals surface area contributed by atoms with Gasteiger partial charge in [0.25, 0.3) is 0 Å². The number of nitrogens with zero attached hydrogens (tertiary/aromatic N) is 1. The number of ether oxygens (including phenoxy) is 1. The van der Waals surface area contributed by atoms with Crippen LogP contribution in [0.25, 0.3) is 0 Å². The SMILES string of the molecule is O=C(OC1CC(NCCO)C1)N1CCc2ccccc2[C@@H]1c1ccc(F)cc1. The Morgan fingerprint density at radius 2 is 1.93 bits per heavy atom. The van der Waals surface area contributed by atoms with Crippen LogP contribution in [0.4, 0.5) is 9.18 Å². The minimum absolute atomic E-state index is 0.102. The number of halogens is 1. The summed E-state index contributed by atoms with van der Waals surface area (Å²) < 4.78 is 19.2. The van der Waals surface area contributed by atoms with Crippen molar-refractivity contribution < 1.29 is 19.0 Å². The van der Waals surface area contributed by atoms with Crippen molar-refractivity contribution in [2.75, 3.05) is 19.7 Å². The van der Waals surface area contributed by atoms with Crippen LogP contribution in [0.1, 0.15) is 35.6 Å². The van der Waals surface area contributed by atoms with Gasteiger partial charge in [0, 0.05) is 19.1 Å². The van der Waals surface area contributed by atoms with E-state index in [0.717, 1.165) is 30.4 Å². The normalized spacial score (nSPS) is 23.6. The Morgan fingerprint density at radius 3 is 2.68 bits per heavy atom. The fraction of sp³-hybridized carbons (Fsp3) is 0.409. The van der Waals surface area contributed by atoms with Crippen LogP contribution in [0.3, 0.4) is 0 Å². The Labute approximate surface area is 164 Å². The van der Waals surface area contributed by atoms with Gasteiger partial charge >= 0.3 is 6.09 Å². The molecule has 2 N–H and O–H groups in total. The Kier molecular flexibility index (Phi) is 5.59.